The zero-order chi connectivity index (χ0) is 12.5. The first-order valence-electron chi connectivity index (χ1n) is 6.81. The minimum absolute atomic E-state index is 0.655. The maximum atomic E-state index is 5.44. The molecule has 0 aromatic heterocycles. The third-order valence-corrected chi connectivity index (χ3v) is 4.37. The Morgan fingerprint density at radius 1 is 1.06 bits per heavy atom. The maximum Gasteiger partial charge on any atom is 0.161 e. The van der Waals surface area contributed by atoms with E-state index in [1.165, 1.54) is 36.8 Å². The SMILES string of the molecule is COc1cc2c(cc1OC)[C@H]1CCCC[C@H]1NC2. The lowest BCUT2D eigenvalue weighted by Gasteiger charge is -2.38. The number of benzene rings is 1. The van der Waals surface area contributed by atoms with E-state index >= 15 is 0 Å². The van der Waals surface area contributed by atoms with Gasteiger partial charge in [-0.2, -0.15) is 0 Å². The molecular weight excluding hydrogens is 226 g/mol. The molecule has 3 rings (SSSR count). The standard InChI is InChI=1S/C15H21NO2/c1-17-14-7-10-9-16-13-6-4-3-5-11(13)12(10)8-15(14)18-2/h7-8,11,13,16H,3-6,9H2,1-2H3/t11-,13-/m1/s1. The average Bonchev–Trinajstić information content (AvgIpc) is 2.45. The second-order valence-electron chi connectivity index (χ2n) is 5.28. The van der Waals surface area contributed by atoms with Crippen molar-refractivity contribution in [1.82, 2.24) is 5.32 Å². The van der Waals surface area contributed by atoms with Crippen LogP contribution in [0.3, 0.4) is 0 Å². The predicted octanol–water partition coefficient (Wildman–Crippen LogP) is 2.83. The molecule has 0 spiro atoms. The van der Waals surface area contributed by atoms with Crippen LogP contribution in [-0.4, -0.2) is 20.3 Å². The molecule has 0 radical (unpaired) electrons. The Bertz CT molecular complexity index is 444. The van der Waals surface area contributed by atoms with Crippen LogP contribution in [0.2, 0.25) is 0 Å². The summed E-state index contributed by atoms with van der Waals surface area (Å²) in [5.41, 5.74) is 2.84. The molecule has 1 aromatic carbocycles. The first-order chi connectivity index (χ1) is 8.83. The molecule has 1 saturated carbocycles. The van der Waals surface area contributed by atoms with Crippen molar-refractivity contribution in [1.29, 1.82) is 0 Å². The fourth-order valence-electron chi connectivity index (χ4n) is 3.42. The van der Waals surface area contributed by atoms with Crippen molar-refractivity contribution in [2.24, 2.45) is 0 Å². The molecule has 0 saturated heterocycles. The summed E-state index contributed by atoms with van der Waals surface area (Å²) in [6, 6.07) is 4.98. The zero-order valence-corrected chi connectivity index (χ0v) is 11.2. The van der Waals surface area contributed by atoms with E-state index in [1.54, 1.807) is 14.2 Å². The van der Waals surface area contributed by atoms with E-state index in [4.69, 9.17) is 9.47 Å². The third kappa shape index (κ3) is 1.87. The first kappa shape index (κ1) is 11.8. The van der Waals surface area contributed by atoms with Crippen LogP contribution in [-0.2, 0) is 6.54 Å². The van der Waals surface area contributed by atoms with Gasteiger partial charge in [-0.25, -0.2) is 0 Å². The highest BCUT2D eigenvalue weighted by molar-refractivity contribution is 5.50. The predicted molar refractivity (Wildman–Crippen MR) is 71.4 cm³/mol. The molecule has 1 aliphatic carbocycles. The molecule has 2 aliphatic rings. The molecule has 0 amide bonds. The van der Waals surface area contributed by atoms with Crippen LogP contribution in [0.25, 0.3) is 0 Å². The highest BCUT2D eigenvalue weighted by Gasteiger charge is 2.32. The zero-order valence-electron chi connectivity index (χ0n) is 11.2. The van der Waals surface area contributed by atoms with Crippen LogP contribution in [0.4, 0.5) is 0 Å². The largest absolute Gasteiger partial charge is 0.493 e. The Morgan fingerprint density at radius 3 is 2.56 bits per heavy atom. The Kier molecular flexibility index (Phi) is 3.16. The number of methoxy groups -OCH3 is 2. The third-order valence-electron chi connectivity index (χ3n) is 4.37. The molecule has 3 heteroatoms. The molecule has 1 heterocycles. The van der Waals surface area contributed by atoms with Crippen LogP contribution in [0.1, 0.15) is 42.7 Å². The van der Waals surface area contributed by atoms with Crippen molar-refractivity contribution < 1.29 is 9.47 Å². The number of hydrogen-bond donors (Lipinski definition) is 1. The van der Waals surface area contributed by atoms with Crippen molar-refractivity contribution in [3.05, 3.63) is 23.3 Å². The molecular formula is C15H21NO2. The molecule has 2 atom stereocenters. The van der Waals surface area contributed by atoms with Crippen LogP contribution < -0.4 is 14.8 Å². The summed E-state index contributed by atoms with van der Waals surface area (Å²) in [5.74, 6) is 2.36. The summed E-state index contributed by atoms with van der Waals surface area (Å²) >= 11 is 0. The smallest absolute Gasteiger partial charge is 0.161 e. The first-order valence-corrected chi connectivity index (χ1v) is 6.81. The van der Waals surface area contributed by atoms with E-state index in [0.29, 0.717) is 12.0 Å². The number of nitrogens with one attached hydrogen (secondary N) is 1. The molecule has 1 aromatic rings. The molecule has 0 unspecified atom stereocenters. The van der Waals surface area contributed by atoms with Crippen molar-refractivity contribution in [2.45, 2.75) is 44.2 Å². The molecule has 18 heavy (non-hydrogen) atoms. The fraction of sp³-hybridized carbons (Fsp3) is 0.600. The molecule has 1 fully saturated rings. The summed E-state index contributed by atoms with van der Waals surface area (Å²) in [6.45, 7) is 0.955. The van der Waals surface area contributed by atoms with Gasteiger partial charge in [-0.3, -0.25) is 0 Å². The van der Waals surface area contributed by atoms with E-state index in [2.05, 4.69) is 17.4 Å². The van der Waals surface area contributed by atoms with E-state index in [9.17, 15) is 0 Å². The van der Waals surface area contributed by atoms with E-state index < -0.39 is 0 Å². The van der Waals surface area contributed by atoms with Gasteiger partial charge in [0.25, 0.3) is 0 Å². The normalized spacial score (nSPS) is 26.1. The summed E-state index contributed by atoms with van der Waals surface area (Å²) in [6.07, 6.45) is 5.30. The summed E-state index contributed by atoms with van der Waals surface area (Å²) in [7, 11) is 3.41. The number of ether oxygens (including phenoxy) is 2. The summed E-state index contributed by atoms with van der Waals surface area (Å²) in [4.78, 5) is 0. The molecule has 0 bridgehead atoms. The molecule has 1 aliphatic heterocycles. The highest BCUT2D eigenvalue weighted by atomic mass is 16.5. The Balaban J connectivity index is 2.02. The second-order valence-corrected chi connectivity index (χ2v) is 5.28. The van der Waals surface area contributed by atoms with Gasteiger partial charge in [-0.15, -0.1) is 0 Å². The monoisotopic (exact) mass is 247 g/mol. The Labute approximate surface area is 108 Å². The van der Waals surface area contributed by atoms with Gasteiger partial charge in [-0.1, -0.05) is 12.8 Å². The maximum absolute atomic E-state index is 5.44. The quantitative estimate of drug-likeness (QED) is 0.871. The van der Waals surface area contributed by atoms with Crippen LogP contribution in [0.5, 0.6) is 11.5 Å². The van der Waals surface area contributed by atoms with Gasteiger partial charge >= 0.3 is 0 Å². The Hall–Kier alpha value is -1.22. The lowest BCUT2D eigenvalue weighted by molar-refractivity contribution is 0.303. The van der Waals surface area contributed by atoms with Crippen molar-refractivity contribution >= 4 is 0 Å². The number of hydrogen-bond acceptors (Lipinski definition) is 3. The van der Waals surface area contributed by atoms with Gasteiger partial charge in [0, 0.05) is 12.6 Å². The topological polar surface area (TPSA) is 30.5 Å². The van der Waals surface area contributed by atoms with E-state index in [0.717, 1.165) is 18.0 Å². The van der Waals surface area contributed by atoms with Gasteiger partial charge in [0.1, 0.15) is 0 Å². The van der Waals surface area contributed by atoms with Crippen molar-refractivity contribution in [3.63, 3.8) is 0 Å². The van der Waals surface area contributed by atoms with E-state index in [-0.39, 0.29) is 0 Å². The van der Waals surface area contributed by atoms with Gasteiger partial charge in [0.05, 0.1) is 14.2 Å². The molecule has 1 N–H and O–H groups in total. The summed E-state index contributed by atoms with van der Waals surface area (Å²) in [5, 5.41) is 3.67. The minimum atomic E-state index is 0.655. The lowest BCUT2D eigenvalue weighted by atomic mass is 9.76. The van der Waals surface area contributed by atoms with Crippen LogP contribution >= 0.6 is 0 Å². The van der Waals surface area contributed by atoms with Gasteiger partial charge < -0.3 is 14.8 Å². The number of fused-ring (bicyclic) bond motifs is 3. The molecule has 98 valence electrons. The minimum Gasteiger partial charge on any atom is -0.493 e. The second kappa shape index (κ2) is 4.81. The van der Waals surface area contributed by atoms with Crippen molar-refractivity contribution in [2.75, 3.05) is 14.2 Å². The van der Waals surface area contributed by atoms with Gasteiger partial charge in [0.2, 0.25) is 0 Å². The number of rotatable bonds is 2. The lowest BCUT2D eigenvalue weighted by Crippen LogP contribution is -2.41. The van der Waals surface area contributed by atoms with Crippen molar-refractivity contribution in [3.8, 4) is 11.5 Å². The summed E-state index contributed by atoms with van der Waals surface area (Å²) < 4.78 is 10.8. The highest BCUT2D eigenvalue weighted by Crippen LogP contribution is 2.42. The van der Waals surface area contributed by atoms with E-state index in [1.807, 2.05) is 0 Å². The fourth-order valence-corrected chi connectivity index (χ4v) is 3.42. The van der Waals surface area contributed by atoms with Crippen LogP contribution in [0, 0.1) is 0 Å². The molecule has 3 nitrogen and oxygen atoms in total. The Morgan fingerprint density at radius 2 is 1.78 bits per heavy atom. The van der Waals surface area contributed by atoms with Crippen LogP contribution in [0.15, 0.2) is 12.1 Å². The average molecular weight is 247 g/mol. The van der Waals surface area contributed by atoms with Gasteiger partial charge in [-0.05, 0) is 42.0 Å². The van der Waals surface area contributed by atoms with Gasteiger partial charge in [0.15, 0.2) is 11.5 Å².